The van der Waals surface area contributed by atoms with E-state index in [9.17, 15) is 14.7 Å². The second kappa shape index (κ2) is 9.46. The van der Waals surface area contributed by atoms with Gasteiger partial charge in [0, 0.05) is 36.6 Å². The molecule has 0 bridgehead atoms. The van der Waals surface area contributed by atoms with Crippen LogP contribution in [0.1, 0.15) is 44.2 Å². The monoisotopic (exact) mass is 476 g/mol. The summed E-state index contributed by atoms with van der Waals surface area (Å²) in [5.74, 6) is 1.16. The minimum atomic E-state index is -0.378. The first-order valence-electron chi connectivity index (χ1n) is 11.5. The number of hydrogen-bond donors (Lipinski definition) is 2. The molecule has 3 aliphatic rings. The molecule has 2 fully saturated rings. The van der Waals surface area contributed by atoms with Crippen molar-refractivity contribution < 1.29 is 14.7 Å². The lowest BCUT2D eigenvalue weighted by Crippen LogP contribution is -2.66. The first-order chi connectivity index (χ1) is 16.1. The molecule has 1 aromatic carbocycles. The van der Waals surface area contributed by atoms with Crippen LogP contribution in [0.15, 0.2) is 53.2 Å². The van der Waals surface area contributed by atoms with E-state index in [1.807, 2.05) is 38.8 Å². The number of carbonyl (C=O) groups excluding carboxylic acids is 2. The van der Waals surface area contributed by atoms with Crippen molar-refractivity contribution in [1.29, 1.82) is 0 Å². The number of nitrogens with one attached hydrogen (secondary N) is 1. The van der Waals surface area contributed by atoms with Crippen LogP contribution < -0.4 is 16.1 Å². The van der Waals surface area contributed by atoms with E-state index in [2.05, 4.69) is 26.1 Å². The predicted molar refractivity (Wildman–Crippen MR) is 137 cm³/mol. The highest BCUT2D eigenvalue weighted by atomic mass is 31.0. The van der Waals surface area contributed by atoms with Gasteiger partial charge in [-0.2, -0.15) is 5.01 Å². The van der Waals surface area contributed by atoms with Crippen LogP contribution in [-0.4, -0.2) is 58.5 Å². The Morgan fingerprint density at radius 2 is 2.12 bits per heavy atom. The second-order valence-corrected chi connectivity index (χ2v) is 9.88. The van der Waals surface area contributed by atoms with Crippen LogP contribution in [0, 0.1) is 6.92 Å². The number of fused-ring (bicyclic) bond motifs is 3. The number of amides is 1. The first-order valence-corrected chi connectivity index (χ1v) is 12.1. The highest BCUT2D eigenvalue weighted by molar-refractivity contribution is 7.27. The number of rotatable bonds is 5. The number of benzene rings is 1. The molecule has 0 saturated carbocycles. The van der Waals surface area contributed by atoms with E-state index in [0.29, 0.717) is 23.3 Å². The first kappa shape index (κ1) is 24.3. The van der Waals surface area contributed by atoms with Crippen LogP contribution in [0.25, 0.3) is 0 Å². The Morgan fingerprint density at radius 3 is 2.76 bits per heavy atom. The zero-order valence-corrected chi connectivity index (χ0v) is 21.0. The van der Waals surface area contributed by atoms with Crippen molar-refractivity contribution in [2.75, 3.05) is 6.54 Å². The maximum atomic E-state index is 13.4. The van der Waals surface area contributed by atoms with E-state index >= 15 is 0 Å². The number of aryl methyl sites for hydroxylation is 1. The summed E-state index contributed by atoms with van der Waals surface area (Å²) in [4.78, 5) is 27.2. The fourth-order valence-corrected chi connectivity index (χ4v) is 5.51. The van der Waals surface area contributed by atoms with Crippen molar-refractivity contribution in [3.05, 3.63) is 64.3 Å². The van der Waals surface area contributed by atoms with Crippen molar-refractivity contribution in [3.8, 4) is 0 Å². The van der Waals surface area contributed by atoms with Gasteiger partial charge in [-0.3, -0.25) is 9.80 Å². The molecule has 3 aliphatic heterocycles. The molecule has 34 heavy (non-hydrogen) atoms. The summed E-state index contributed by atoms with van der Waals surface area (Å²) in [7, 11) is 8.89. The fourth-order valence-electron chi connectivity index (χ4n) is 4.98. The number of hydrazine groups is 1. The smallest absolute Gasteiger partial charge is 0.277 e. The van der Waals surface area contributed by atoms with Gasteiger partial charge < -0.3 is 15.3 Å². The normalized spacial score (nSPS) is 20.7. The summed E-state index contributed by atoms with van der Waals surface area (Å²) in [5.41, 5.74) is 3.45. The molecule has 2 saturated heterocycles. The Bertz CT molecular complexity index is 1150. The standard InChI is InChI=1S/C25H30BN4O3P/c1-14(2)30-22-7-5-6-8-28(22)29-12-18(19(13-31)24(32)23(29)25(30)33)16(4)27-11-17-20(26)9-15(3)10-21(17)34/h9-10,12,14,22,27,32H,4-8,11,34H2,1-3H3/t22-/m1/s1. The zero-order valence-electron chi connectivity index (χ0n) is 19.9. The van der Waals surface area contributed by atoms with Gasteiger partial charge in [0.15, 0.2) is 11.5 Å². The van der Waals surface area contributed by atoms with E-state index in [0.717, 1.165) is 42.2 Å². The predicted octanol–water partition coefficient (Wildman–Crippen LogP) is 1.60. The average Bonchev–Trinajstić information content (AvgIpc) is 2.77. The number of nitrogens with zero attached hydrogens (tertiary/aromatic N) is 3. The molecule has 7 nitrogen and oxygen atoms in total. The Balaban J connectivity index is 1.68. The van der Waals surface area contributed by atoms with Gasteiger partial charge in [-0.1, -0.05) is 29.7 Å². The van der Waals surface area contributed by atoms with Gasteiger partial charge in [0.1, 0.15) is 25.5 Å². The van der Waals surface area contributed by atoms with Crippen LogP contribution in [0.2, 0.25) is 0 Å². The third-order valence-corrected chi connectivity index (χ3v) is 7.13. The molecule has 4 rings (SSSR count). The Kier molecular flexibility index (Phi) is 6.77. The number of carbonyl (C=O) groups is 1. The minimum absolute atomic E-state index is 0.0488. The molecule has 1 aromatic rings. The molecule has 2 N–H and O–H groups in total. The van der Waals surface area contributed by atoms with Crippen LogP contribution in [0.5, 0.6) is 0 Å². The van der Waals surface area contributed by atoms with Crippen LogP contribution in [0.3, 0.4) is 0 Å². The summed E-state index contributed by atoms with van der Waals surface area (Å²) in [6.07, 6.45) is 4.44. The summed E-state index contributed by atoms with van der Waals surface area (Å²) < 4.78 is 0. The Morgan fingerprint density at radius 1 is 1.38 bits per heavy atom. The highest BCUT2D eigenvalue weighted by Gasteiger charge is 2.47. The molecular formula is C25H30BN4O3P. The lowest BCUT2D eigenvalue weighted by molar-refractivity contribution is -0.169. The van der Waals surface area contributed by atoms with Crippen molar-refractivity contribution in [1.82, 2.24) is 20.2 Å². The molecular weight excluding hydrogens is 446 g/mol. The Labute approximate surface area is 204 Å². The molecule has 9 heteroatoms. The third kappa shape index (κ3) is 4.11. The van der Waals surface area contributed by atoms with Gasteiger partial charge in [0.05, 0.1) is 0 Å². The third-order valence-electron chi connectivity index (χ3n) is 6.61. The van der Waals surface area contributed by atoms with Gasteiger partial charge in [-0.05, 0) is 50.9 Å². The second-order valence-electron chi connectivity index (χ2n) is 9.26. The van der Waals surface area contributed by atoms with Gasteiger partial charge >= 0.3 is 0 Å². The number of hydrogen-bond acceptors (Lipinski definition) is 6. The fraction of sp³-hybridized carbons (Fsp3) is 0.400. The SMILES string of the molecule is [B]c1cc(C)cc(P)c1CNC(=C)C1=CN2C(=C(O)C1=C=O)C(=O)N(C(C)C)[C@@H]1CCCCN12. The van der Waals surface area contributed by atoms with Crippen LogP contribution in [0.4, 0.5) is 0 Å². The summed E-state index contributed by atoms with van der Waals surface area (Å²) >= 11 is 0. The Hall–Kier alpha value is -2.79. The van der Waals surface area contributed by atoms with E-state index in [1.54, 1.807) is 16.1 Å². The highest BCUT2D eigenvalue weighted by Crippen LogP contribution is 2.39. The summed E-state index contributed by atoms with van der Waals surface area (Å²) in [6, 6.07) is 3.88. The quantitative estimate of drug-likeness (QED) is 0.382. The molecule has 1 amide bonds. The molecule has 0 aliphatic carbocycles. The number of piperidine rings is 1. The molecule has 0 aromatic heterocycles. The van der Waals surface area contributed by atoms with Crippen molar-refractivity contribution in [3.63, 3.8) is 0 Å². The number of aliphatic hydroxyl groups is 1. The summed E-state index contributed by atoms with van der Waals surface area (Å²) in [5, 5.41) is 19.1. The van der Waals surface area contributed by atoms with Crippen molar-refractivity contribution >= 4 is 39.7 Å². The lowest BCUT2D eigenvalue weighted by atomic mass is 9.88. The topological polar surface area (TPSA) is 76.1 Å². The van der Waals surface area contributed by atoms with Gasteiger partial charge in [-0.25, -0.2) is 4.79 Å². The minimum Gasteiger partial charge on any atom is -0.504 e. The van der Waals surface area contributed by atoms with Gasteiger partial charge in [0.25, 0.3) is 5.91 Å². The number of allylic oxidation sites excluding steroid dienone is 2. The van der Waals surface area contributed by atoms with E-state index in [-0.39, 0.29) is 35.1 Å². The van der Waals surface area contributed by atoms with Crippen molar-refractivity contribution in [2.45, 2.75) is 58.8 Å². The molecule has 1 unspecified atom stereocenters. The van der Waals surface area contributed by atoms with Gasteiger partial charge in [0.2, 0.25) is 0 Å². The van der Waals surface area contributed by atoms with Gasteiger partial charge in [-0.15, -0.1) is 9.24 Å². The van der Waals surface area contributed by atoms with E-state index in [4.69, 9.17) is 7.85 Å². The lowest BCUT2D eigenvalue weighted by Gasteiger charge is -2.54. The molecule has 3 heterocycles. The van der Waals surface area contributed by atoms with Crippen LogP contribution >= 0.6 is 9.24 Å². The maximum absolute atomic E-state index is 13.4. The number of aliphatic hydroxyl groups excluding tert-OH is 1. The zero-order chi connectivity index (χ0) is 24.7. The maximum Gasteiger partial charge on any atom is 0.277 e. The molecule has 2 atom stereocenters. The average molecular weight is 476 g/mol. The molecule has 176 valence electrons. The van der Waals surface area contributed by atoms with E-state index in [1.165, 1.54) is 0 Å². The largest absolute Gasteiger partial charge is 0.504 e. The van der Waals surface area contributed by atoms with E-state index < -0.39 is 0 Å². The summed E-state index contributed by atoms with van der Waals surface area (Å²) in [6.45, 7) is 11.1. The molecule has 0 spiro atoms. The van der Waals surface area contributed by atoms with Crippen LogP contribution in [-0.2, 0) is 16.1 Å². The van der Waals surface area contributed by atoms with Crippen molar-refractivity contribution in [2.24, 2.45) is 0 Å². The molecule has 2 radical (unpaired) electrons.